The lowest BCUT2D eigenvalue weighted by molar-refractivity contribution is -0.120. The molecule has 0 bridgehead atoms. The number of hydrogen-bond acceptors (Lipinski definition) is 4. The molecule has 0 aliphatic rings. The minimum Gasteiger partial charge on any atom is -0.361 e. The van der Waals surface area contributed by atoms with Crippen LogP contribution in [0.4, 0.5) is 11.5 Å². The summed E-state index contributed by atoms with van der Waals surface area (Å²) in [5.74, 6) is 1.00. The third-order valence-corrected chi connectivity index (χ3v) is 2.88. The Balaban J connectivity index is 2.81. The van der Waals surface area contributed by atoms with Crippen molar-refractivity contribution in [3.63, 3.8) is 0 Å². The number of hydrogen-bond donors (Lipinski definition) is 2. The molecular weight excluding hydrogens is 240 g/mol. The highest BCUT2D eigenvalue weighted by Gasteiger charge is 2.19. The molecular formula is C14H24N4O. The lowest BCUT2D eigenvalue weighted by Crippen LogP contribution is -2.31. The first-order chi connectivity index (χ1) is 8.95. The predicted octanol–water partition coefficient (Wildman–Crippen LogP) is 1.71. The molecule has 1 atom stereocenters. The Bertz CT molecular complexity index is 418. The van der Waals surface area contributed by atoms with Crippen molar-refractivity contribution in [2.24, 2.45) is 17.6 Å². The van der Waals surface area contributed by atoms with E-state index in [-0.39, 0.29) is 11.8 Å². The quantitative estimate of drug-likeness (QED) is 0.820. The largest absolute Gasteiger partial charge is 0.361 e. The molecule has 1 unspecified atom stereocenters. The van der Waals surface area contributed by atoms with Gasteiger partial charge in [-0.25, -0.2) is 4.98 Å². The molecule has 0 aliphatic heterocycles. The van der Waals surface area contributed by atoms with E-state index in [1.807, 2.05) is 31.1 Å². The fourth-order valence-corrected chi connectivity index (χ4v) is 1.97. The molecule has 0 saturated heterocycles. The second-order valence-electron chi connectivity index (χ2n) is 5.32. The van der Waals surface area contributed by atoms with E-state index in [2.05, 4.69) is 24.1 Å². The molecule has 0 saturated carbocycles. The maximum absolute atomic E-state index is 12.2. The molecule has 1 aromatic rings. The molecule has 0 radical (unpaired) electrons. The molecule has 0 fully saturated rings. The molecule has 0 aromatic carbocycles. The minimum absolute atomic E-state index is 0.0349. The zero-order valence-electron chi connectivity index (χ0n) is 12.2. The van der Waals surface area contributed by atoms with Gasteiger partial charge in [0.25, 0.3) is 0 Å². The summed E-state index contributed by atoms with van der Waals surface area (Å²) in [5.41, 5.74) is 6.41. The van der Waals surface area contributed by atoms with E-state index in [1.165, 1.54) is 0 Å². The molecule has 0 spiro atoms. The topological polar surface area (TPSA) is 71.2 Å². The zero-order chi connectivity index (χ0) is 14.4. The van der Waals surface area contributed by atoms with Crippen LogP contribution in [0.15, 0.2) is 18.3 Å². The normalized spacial score (nSPS) is 12.3. The van der Waals surface area contributed by atoms with Gasteiger partial charge in [0.2, 0.25) is 5.91 Å². The molecule has 0 aliphatic carbocycles. The summed E-state index contributed by atoms with van der Waals surface area (Å²) in [6, 6.07) is 3.66. The van der Waals surface area contributed by atoms with Crippen LogP contribution in [-0.4, -0.2) is 31.5 Å². The van der Waals surface area contributed by atoms with Crippen LogP contribution in [0.1, 0.15) is 20.3 Å². The highest BCUT2D eigenvalue weighted by atomic mass is 16.1. The van der Waals surface area contributed by atoms with Gasteiger partial charge in [0.15, 0.2) is 5.82 Å². The van der Waals surface area contributed by atoms with Crippen LogP contribution in [0, 0.1) is 11.8 Å². The number of carbonyl (C=O) groups is 1. The van der Waals surface area contributed by atoms with Gasteiger partial charge in [-0.1, -0.05) is 13.8 Å². The molecule has 1 amide bonds. The predicted molar refractivity (Wildman–Crippen MR) is 79.2 cm³/mol. The Kier molecular flexibility index (Phi) is 5.76. The van der Waals surface area contributed by atoms with Crippen molar-refractivity contribution in [3.05, 3.63) is 18.3 Å². The van der Waals surface area contributed by atoms with Crippen LogP contribution in [-0.2, 0) is 4.79 Å². The first kappa shape index (κ1) is 15.4. The van der Waals surface area contributed by atoms with Gasteiger partial charge in [-0.3, -0.25) is 4.79 Å². The SMILES string of the molecule is CC(C)CC(CN)C(=O)Nc1cccnc1N(C)C. The van der Waals surface area contributed by atoms with E-state index in [9.17, 15) is 4.79 Å². The van der Waals surface area contributed by atoms with Gasteiger partial charge in [-0.15, -0.1) is 0 Å². The average molecular weight is 264 g/mol. The van der Waals surface area contributed by atoms with Gasteiger partial charge in [0.05, 0.1) is 11.6 Å². The summed E-state index contributed by atoms with van der Waals surface area (Å²) in [7, 11) is 3.79. The third-order valence-electron chi connectivity index (χ3n) is 2.88. The van der Waals surface area contributed by atoms with Crippen LogP contribution in [0.3, 0.4) is 0 Å². The van der Waals surface area contributed by atoms with Gasteiger partial charge in [-0.05, 0) is 24.5 Å². The van der Waals surface area contributed by atoms with Crippen molar-refractivity contribution >= 4 is 17.4 Å². The number of aromatic nitrogens is 1. The Morgan fingerprint density at radius 3 is 2.68 bits per heavy atom. The van der Waals surface area contributed by atoms with E-state index < -0.39 is 0 Å². The molecule has 19 heavy (non-hydrogen) atoms. The van der Waals surface area contributed by atoms with Crippen LogP contribution >= 0.6 is 0 Å². The number of carbonyl (C=O) groups excluding carboxylic acids is 1. The van der Waals surface area contributed by atoms with Crippen molar-refractivity contribution in [2.45, 2.75) is 20.3 Å². The van der Waals surface area contributed by atoms with Crippen molar-refractivity contribution < 1.29 is 4.79 Å². The number of nitrogens with one attached hydrogen (secondary N) is 1. The van der Waals surface area contributed by atoms with Crippen molar-refractivity contribution in [1.29, 1.82) is 0 Å². The maximum atomic E-state index is 12.2. The molecule has 3 N–H and O–H groups in total. The fraction of sp³-hybridized carbons (Fsp3) is 0.571. The molecule has 5 heteroatoms. The van der Waals surface area contributed by atoms with Crippen LogP contribution < -0.4 is 16.0 Å². The average Bonchev–Trinajstić information content (AvgIpc) is 2.35. The van der Waals surface area contributed by atoms with Gasteiger partial charge >= 0.3 is 0 Å². The number of rotatable bonds is 6. The second kappa shape index (κ2) is 7.09. The second-order valence-corrected chi connectivity index (χ2v) is 5.32. The highest BCUT2D eigenvalue weighted by molar-refractivity contribution is 5.95. The van der Waals surface area contributed by atoms with Crippen LogP contribution in [0.25, 0.3) is 0 Å². The molecule has 1 rings (SSSR count). The Hall–Kier alpha value is -1.62. The Morgan fingerprint density at radius 1 is 1.47 bits per heavy atom. The highest BCUT2D eigenvalue weighted by Crippen LogP contribution is 2.22. The maximum Gasteiger partial charge on any atom is 0.228 e. The summed E-state index contributed by atoms with van der Waals surface area (Å²) in [5, 5.41) is 2.93. The van der Waals surface area contributed by atoms with E-state index in [1.54, 1.807) is 6.20 Å². The molecule has 1 heterocycles. The minimum atomic E-state index is -0.157. The zero-order valence-corrected chi connectivity index (χ0v) is 12.2. The summed E-state index contributed by atoms with van der Waals surface area (Å²) >= 11 is 0. The molecule has 106 valence electrons. The number of anilines is 2. The van der Waals surface area contributed by atoms with E-state index >= 15 is 0 Å². The first-order valence-corrected chi connectivity index (χ1v) is 6.59. The van der Waals surface area contributed by atoms with Crippen molar-refractivity contribution in [3.8, 4) is 0 Å². The van der Waals surface area contributed by atoms with Crippen molar-refractivity contribution in [2.75, 3.05) is 30.9 Å². The van der Waals surface area contributed by atoms with Crippen LogP contribution in [0.2, 0.25) is 0 Å². The number of nitrogens with two attached hydrogens (primary N) is 1. The third kappa shape index (κ3) is 4.52. The Morgan fingerprint density at radius 2 is 2.16 bits per heavy atom. The summed E-state index contributed by atoms with van der Waals surface area (Å²) in [6.07, 6.45) is 2.50. The van der Waals surface area contributed by atoms with Gasteiger partial charge in [0.1, 0.15) is 0 Å². The smallest absolute Gasteiger partial charge is 0.228 e. The fourth-order valence-electron chi connectivity index (χ4n) is 1.97. The summed E-state index contributed by atoms with van der Waals surface area (Å²) in [4.78, 5) is 18.3. The van der Waals surface area contributed by atoms with Crippen LogP contribution in [0.5, 0.6) is 0 Å². The molecule has 5 nitrogen and oxygen atoms in total. The lowest BCUT2D eigenvalue weighted by atomic mass is 9.96. The van der Waals surface area contributed by atoms with Gasteiger partial charge in [0, 0.05) is 26.8 Å². The number of nitrogens with zero attached hydrogens (tertiary/aromatic N) is 2. The Labute approximate surface area is 115 Å². The number of amides is 1. The van der Waals surface area contributed by atoms with E-state index in [4.69, 9.17) is 5.73 Å². The van der Waals surface area contributed by atoms with Gasteiger partial charge in [-0.2, -0.15) is 0 Å². The summed E-state index contributed by atoms with van der Waals surface area (Å²) in [6.45, 7) is 4.54. The monoisotopic (exact) mass is 264 g/mol. The number of pyridine rings is 1. The van der Waals surface area contributed by atoms with Crippen molar-refractivity contribution in [1.82, 2.24) is 4.98 Å². The molecule has 1 aromatic heterocycles. The standard InChI is InChI=1S/C14H24N4O/c1-10(2)8-11(9-15)14(19)17-12-6-5-7-16-13(12)18(3)4/h5-7,10-11H,8-9,15H2,1-4H3,(H,17,19). The van der Waals surface area contributed by atoms with Gasteiger partial charge < -0.3 is 16.0 Å². The summed E-state index contributed by atoms with van der Waals surface area (Å²) < 4.78 is 0. The lowest BCUT2D eigenvalue weighted by Gasteiger charge is -2.20. The van der Waals surface area contributed by atoms with E-state index in [0.29, 0.717) is 12.5 Å². The first-order valence-electron chi connectivity index (χ1n) is 6.59. The van der Waals surface area contributed by atoms with E-state index in [0.717, 1.165) is 17.9 Å².